The first-order valence-electron chi connectivity index (χ1n) is 9.62. The highest BCUT2D eigenvalue weighted by Crippen LogP contribution is 2.53. The Hall–Kier alpha value is -2.32. The number of hydrogen-bond donors (Lipinski definition) is 0. The average Bonchev–Trinajstić information content (AvgIpc) is 3.21. The van der Waals surface area contributed by atoms with Crippen molar-refractivity contribution in [2.24, 2.45) is 5.92 Å². The lowest BCUT2D eigenvalue weighted by Gasteiger charge is -2.37. The number of carbonyl (C=O) groups excluding carboxylic acids is 1. The van der Waals surface area contributed by atoms with Gasteiger partial charge in [0.25, 0.3) is 0 Å². The minimum absolute atomic E-state index is 0.211. The Bertz CT molecular complexity index is 764. The van der Waals surface area contributed by atoms with E-state index in [9.17, 15) is 4.79 Å². The number of carbonyl (C=O) groups is 1. The Labute approximate surface area is 165 Å². The lowest BCUT2D eigenvalue weighted by atomic mass is 9.84. The maximum absolute atomic E-state index is 11.3. The van der Waals surface area contributed by atoms with Crippen molar-refractivity contribution in [2.45, 2.75) is 29.3 Å². The van der Waals surface area contributed by atoms with Crippen LogP contribution < -0.4 is 0 Å². The van der Waals surface area contributed by atoms with Crippen LogP contribution in [0.5, 0.6) is 0 Å². The maximum Gasteiger partial charge on any atom is 0.123 e. The molecule has 1 nitrogen and oxygen atoms in total. The highest BCUT2D eigenvalue weighted by atomic mass is 32.2. The van der Waals surface area contributed by atoms with Crippen LogP contribution >= 0.6 is 11.8 Å². The molecule has 0 N–H and O–H groups in total. The Morgan fingerprint density at radius 2 is 1.15 bits per heavy atom. The van der Waals surface area contributed by atoms with Gasteiger partial charge in [-0.1, -0.05) is 91.0 Å². The van der Waals surface area contributed by atoms with Crippen LogP contribution in [0.3, 0.4) is 0 Å². The van der Waals surface area contributed by atoms with Crippen LogP contribution in [0, 0.1) is 5.92 Å². The molecule has 4 rings (SSSR count). The van der Waals surface area contributed by atoms with Crippen LogP contribution in [-0.2, 0) is 9.54 Å². The smallest absolute Gasteiger partial charge is 0.123 e. The summed E-state index contributed by atoms with van der Waals surface area (Å²) in [7, 11) is 0. The van der Waals surface area contributed by atoms with E-state index < -0.39 is 0 Å². The van der Waals surface area contributed by atoms with Crippen molar-refractivity contribution in [2.75, 3.05) is 0 Å². The van der Waals surface area contributed by atoms with Gasteiger partial charge in [-0.05, 0) is 36.0 Å². The zero-order chi connectivity index (χ0) is 18.5. The first-order chi connectivity index (χ1) is 13.3. The normalized spacial score (nSPS) is 19.7. The molecule has 0 aromatic heterocycles. The zero-order valence-corrected chi connectivity index (χ0v) is 16.1. The topological polar surface area (TPSA) is 17.1 Å². The molecule has 2 heteroatoms. The largest absolute Gasteiger partial charge is 0.303 e. The van der Waals surface area contributed by atoms with Crippen LogP contribution in [-0.4, -0.2) is 11.5 Å². The van der Waals surface area contributed by atoms with E-state index in [2.05, 4.69) is 91.0 Å². The molecule has 0 spiro atoms. The summed E-state index contributed by atoms with van der Waals surface area (Å²) in [5, 5.41) is 0.473. The lowest BCUT2D eigenvalue weighted by molar-refractivity contribution is -0.110. The van der Waals surface area contributed by atoms with Crippen molar-refractivity contribution in [1.82, 2.24) is 0 Å². The van der Waals surface area contributed by atoms with Gasteiger partial charge in [0.15, 0.2) is 0 Å². The van der Waals surface area contributed by atoms with Crippen LogP contribution in [0.15, 0.2) is 91.0 Å². The van der Waals surface area contributed by atoms with Crippen LogP contribution in [0.25, 0.3) is 0 Å². The van der Waals surface area contributed by atoms with Gasteiger partial charge in [-0.15, -0.1) is 11.8 Å². The third-order valence-electron chi connectivity index (χ3n) is 5.50. The monoisotopic (exact) mass is 372 g/mol. The molecule has 0 aliphatic heterocycles. The summed E-state index contributed by atoms with van der Waals surface area (Å²) < 4.78 is -0.272. The second kappa shape index (κ2) is 8.14. The summed E-state index contributed by atoms with van der Waals surface area (Å²) in [6, 6.07) is 32.4. The highest BCUT2D eigenvalue weighted by molar-refractivity contribution is 8.01. The molecule has 3 aromatic carbocycles. The first kappa shape index (κ1) is 18.1. The molecule has 0 heterocycles. The van der Waals surface area contributed by atoms with E-state index in [1.54, 1.807) is 0 Å². The minimum Gasteiger partial charge on any atom is -0.303 e. The van der Waals surface area contributed by atoms with Gasteiger partial charge < -0.3 is 4.79 Å². The molecule has 27 heavy (non-hydrogen) atoms. The number of hydrogen-bond acceptors (Lipinski definition) is 2. The first-order valence-corrected chi connectivity index (χ1v) is 10.5. The summed E-state index contributed by atoms with van der Waals surface area (Å²) in [4.78, 5) is 11.3. The molecule has 0 radical (unpaired) electrons. The molecule has 0 saturated heterocycles. The summed E-state index contributed by atoms with van der Waals surface area (Å²) in [6.45, 7) is 0. The van der Waals surface area contributed by atoms with Crippen LogP contribution in [0.1, 0.15) is 36.0 Å². The molecule has 136 valence electrons. The van der Waals surface area contributed by atoms with Gasteiger partial charge >= 0.3 is 0 Å². The van der Waals surface area contributed by atoms with E-state index in [0.717, 1.165) is 25.5 Å². The van der Waals surface area contributed by atoms with Crippen molar-refractivity contribution in [3.63, 3.8) is 0 Å². The second-order valence-electron chi connectivity index (χ2n) is 7.23. The fourth-order valence-corrected chi connectivity index (χ4v) is 6.09. The molecule has 3 aromatic rings. The second-order valence-corrected chi connectivity index (χ2v) is 8.74. The summed E-state index contributed by atoms with van der Waals surface area (Å²) in [5.74, 6) is 0.211. The number of aldehydes is 1. The summed E-state index contributed by atoms with van der Waals surface area (Å²) >= 11 is 2.02. The quantitative estimate of drug-likeness (QED) is 0.385. The molecular formula is C25H24OS. The maximum atomic E-state index is 11.3. The predicted molar refractivity (Wildman–Crippen MR) is 114 cm³/mol. The summed E-state index contributed by atoms with van der Waals surface area (Å²) in [6.07, 6.45) is 4.23. The lowest BCUT2D eigenvalue weighted by Crippen LogP contribution is -2.28. The van der Waals surface area contributed by atoms with Gasteiger partial charge in [-0.3, -0.25) is 0 Å². The SMILES string of the molecule is O=CC1CCC(SC(c2ccccc2)(c2ccccc2)c2ccccc2)C1. The van der Waals surface area contributed by atoms with Gasteiger partial charge in [0, 0.05) is 11.2 Å². The van der Waals surface area contributed by atoms with E-state index >= 15 is 0 Å². The fourth-order valence-electron chi connectivity index (χ4n) is 4.18. The van der Waals surface area contributed by atoms with E-state index in [1.165, 1.54) is 16.7 Å². The summed E-state index contributed by atoms with van der Waals surface area (Å²) in [5.41, 5.74) is 3.88. The molecular weight excluding hydrogens is 348 g/mol. The Kier molecular flexibility index (Phi) is 5.45. The van der Waals surface area contributed by atoms with Crippen LogP contribution in [0.2, 0.25) is 0 Å². The average molecular weight is 373 g/mol. The van der Waals surface area contributed by atoms with Crippen LogP contribution in [0.4, 0.5) is 0 Å². The van der Waals surface area contributed by atoms with E-state index in [0.29, 0.717) is 5.25 Å². The molecule has 0 amide bonds. The van der Waals surface area contributed by atoms with E-state index in [1.807, 2.05) is 11.8 Å². The third-order valence-corrected chi connectivity index (χ3v) is 7.32. The van der Waals surface area contributed by atoms with Gasteiger partial charge in [0.05, 0.1) is 4.75 Å². The number of thioether (sulfide) groups is 1. The van der Waals surface area contributed by atoms with Crippen molar-refractivity contribution in [1.29, 1.82) is 0 Å². The van der Waals surface area contributed by atoms with Gasteiger partial charge in [-0.2, -0.15) is 0 Å². The minimum atomic E-state index is -0.272. The molecule has 1 aliphatic carbocycles. The Morgan fingerprint density at radius 1 is 0.704 bits per heavy atom. The van der Waals surface area contributed by atoms with Crippen molar-refractivity contribution >= 4 is 18.0 Å². The zero-order valence-electron chi connectivity index (χ0n) is 15.3. The highest BCUT2D eigenvalue weighted by Gasteiger charge is 2.41. The molecule has 2 atom stereocenters. The molecule has 1 saturated carbocycles. The van der Waals surface area contributed by atoms with Gasteiger partial charge in [0.2, 0.25) is 0 Å². The van der Waals surface area contributed by atoms with Gasteiger partial charge in [-0.25, -0.2) is 0 Å². The molecule has 0 bridgehead atoms. The van der Waals surface area contributed by atoms with Gasteiger partial charge in [0.1, 0.15) is 6.29 Å². The van der Waals surface area contributed by atoms with Crippen molar-refractivity contribution < 1.29 is 4.79 Å². The Morgan fingerprint density at radius 3 is 1.52 bits per heavy atom. The molecule has 1 fully saturated rings. The third kappa shape index (κ3) is 3.59. The molecule has 1 aliphatic rings. The molecule has 2 unspecified atom stereocenters. The van der Waals surface area contributed by atoms with E-state index in [4.69, 9.17) is 0 Å². The number of benzene rings is 3. The Balaban J connectivity index is 1.88. The predicted octanol–water partition coefficient (Wildman–Crippen LogP) is 6.08. The van der Waals surface area contributed by atoms with Crippen molar-refractivity contribution in [3.05, 3.63) is 108 Å². The van der Waals surface area contributed by atoms with E-state index in [-0.39, 0.29) is 10.7 Å². The standard InChI is InChI=1S/C25H24OS/c26-19-20-16-17-24(18-20)27-25(21-10-4-1-5-11-21,22-12-6-2-7-13-22)23-14-8-3-9-15-23/h1-15,19-20,24H,16-18H2. The fraction of sp³-hybridized carbons (Fsp3) is 0.240. The number of rotatable bonds is 6. The van der Waals surface area contributed by atoms with Crippen molar-refractivity contribution in [3.8, 4) is 0 Å².